The molecule has 1 fully saturated rings. The molecule has 0 bridgehead atoms. The monoisotopic (exact) mass is 363 g/mol. The number of hydrogen-bond donors (Lipinski definition) is 1. The van der Waals surface area contributed by atoms with Gasteiger partial charge in [0.2, 0.25) is 0 Å². The Morgan fingerprint density at radius 2 is 2.25 bits per heavy atom. The van der Waals surface area contributed by atoms with E-state index in [0.29, 0.717) is 11.5 Å². The van der Waals surface area contributed by atoms with Crippen LogP contribution in [0.5, 0.6) is 0 Å². The van der Waals surface area contributed by atoms with Crippen LogP contribution in [0.3, 0.4) is 0 Å². The predicted molar refractivity (Wildman–Crippen MR) is 82.0 cm³/mol. The van der Waals surface area contributed by atoms with Gasteiger partial charge in [-0.3, -0.25) is 0 Å². The Labute approximate surface area is 128 Å². The van der Waals surface area contributed by atoms with Crippen LogP contribution in [-0.4, -0.2) is 33.0 Å². The van der Waals surface area contributed by atoms with Crippen LogP contribution in [0, 0.1) is 11.7 Å². The molecule has 0 saturated carbocycles. The second-order valence-electron chi connectivity index (χ2n) is 5.43. The number of sulfone groups is 1. The van der Waals surface area contributed by atoms with Crippen molar-refractivity contribution in [3.8, 4) is 0 Å². The number of halogens is 2. The smallest absolute Gasteiger partial charge is 0.150 e. The number of benzene rings is 1. The average Bonchev–Trinajstić information content (AvgIpc) is 2.71. The molecule has 3 nitrogen and oxygen atoms in total. The maximum absolute atomic E-state index is 13.1. The van der Waals surface area contributed by atoms with Gasteiger partial charge in [0.15, 0.2) is 9.84 Å². The minimum atomic E-state index is -2.82. The van der Waals surface area contributed by atoms with E-state index in [4.69, 9.17) is 0 Å². The summed E-state index contributed by atoms with van der Waals surface area (Å²) in [4.78, 5) is 0. The van der Waals surface area contributed by atoms with Crippen molar-refractivity contribution in [3.63, 3.8) is 0 Å². The predicted octanol–water partition coefficient (Wildman–Crippen LogP) is 2.54. The van der Waals surface area contributed by atoms with Crippen molar-refractivity contribution in [3.05, 3.63) is 34.1 Å². The van der Waals surface area contributed by atoms with E-state index in [2.05, 4.69) is 21.2 Å². The van der Waals surface area contributed by atoms with Crippen molar-refractivity contribution >= 4 is 25.8 Å². The molecule has 0 spiro atoms. The lowest BCUT2D eigenvalue weighted by Gasteiger charge is -2.20. The van der Waals surface area contributed by atoms with E-state index < -0.39 is 9.84 Å². The topological polar surface area (TPSA) is 46.2 Å². The molecule has 1 saturated heterocycles. The van der Waals surface area contributed by atoms with E-state index in [9.17, 15) is 12.8 Å². The first-order chi connectivity index (χ1) is 9.39. The highest BCUT2D eigenvalue weighted by molar-refractivity contribution is 9.10. The van der Waals surface area contributed by atoms with Gasteiger partial charge >= 0.3 is 0 Å². The van der Waals surface area contributed by atoms with Gasteiger partial charge in [-0.25, -0.2) is 12.8 Å². The van der Waals surface area contributed by atoms with Gasteiger partial charge in [-0.05, 0) is 49.9 Å². The lowest BCUT2D eigenvalue weighted by atomic mass is 9.95. The van der Waals surface area contributed by atoms with Crippen LogP contribution in [-0.2, 0) is 16.3 Å². The molecule has 1 heterocycles. The van der Waals surface area contributed by atoms with Gasteiger partial charge in [0.25, 0.3) is 0 Å². The molecule has 2 atom stereocenters. The molecule has 0 aliphatic carbocycles. The van der Waals surface area contributed by atoms with Gasteiger partial charge in [-0.15, -0.1) is 0 Å². The van der Waals surface area contributed by atoms with Crippen LogP contribution in [0.1, 0.15) is 18.4 Å². The summed E-state index contributed by atoms with van der Waals surface area (Å²) < 4.78 is 36.8. The molecule has 1 N–H and O–H groups in total. The van der Waals surface area contributed by atoms with Crippen molar-refractivity contribution in [2.45, 2.75) is 25.3 Å². The fourth-order valence-corrected chi connectivity index (χ4v) is 5.11. The molecule has 2 unspecified atom stereocenters. The second kappa shape index (κ2) is 6.54. The number of nitrogens with one attached hydrogen (secondary N) is 1. The van der Waals surface area contributed by atoms with E-state index in [1.807, 2.05) is 7.05 Å². The summed E-state index contributed by atoms with van der Waals surface area (Å²) in [7, 11) is -0.942. The van der Waals surface area contributed by atoms with Gasteiger partial charge < -0.3 is 5.32 Å². The Morgan fingerprint density at radius 1 is 1.50 bits per heavy atom. The molecule has 1 aliphatic heterocycles. The normalized spacial score (nSPS) is 22.9. The third-order valence-electron chi connectivity index (χ3n) is 3.83. The summed E-state index contributed by atoms with van der Waals surface area (Å²) in [6, 6.07) is 4.89. The Bertz CT molecular complexity index is 577. The summed E-state index contributed by atoms with van der Waals surface area (Å²) in [5.41, 5.74) is 1.03. The highest BCUT2D eigenvalue weighted by Gasteiger charge is 2.29. The maximum Gasteiger partial charge on any atom is 0.150 e. The molecule has 0 aromatic heterocycles. The van der Waals surface area contributed by atoms with E-state index in [-0.39, 0.29) is 17.8 Å². The van der Waals surface area contributed by atoms with Crippen molar-refractivity contribution in [2.24, 2.45) is 5.92 Å². The minimum absolute atomic E-state index is 0.204. The van der Waals surface area contributed by atoms with E-state index in [1.165, 1.54) is 12.1 Å². The lowest BCUT2D eigenvalue weighted by molar-refractivity contribution is 0.423. The van der Waals surface area contributed by atoms with Crippen molar-refractivity contribution in [1.29, 1.82) is 0 Å². The van der Waals surface area contributed by atoms with Gasteiger partial charge in [-0.2, -0.15) is 0 Å². The molecule has 112 valence electrons. The number of likely N-dealkylation sites (N-methyl/N-ethyl adjacent to an activating group) is 1. The molecule has 2 rings (SSSR count). The van der Waals surface area contributed by atoms with E-state index in [0.717, 1.165) is 29.3 Å². The van der Waals surface area contributed by atoms with E-state index in [1.54, 1.807) is 6.07 Å². The summed E-state index contributed by atoms with van der Waals surface area (Å²) in [6.45, 7) is 0. The summed E-state index contributed by atoms with van der Waals surface area (Å²) in [5.74, 6) is 0.588. The fraction of sp³-hybridized carbons (Fsp3) is 0.571. The zero-order chi connectivity index (χ0) is 14.8. The van der Waals surface area contributed by atoms with Crippen LogP contribution in [0.4, 0.5) is 4.39 Å². The Morgan fingerprint density at radius 3 is 2.80 bits per heavy atom. The second-order valence-corrected chi connectivity index (χ2v) is 8.51. The molecule has 1 aromatic rings. The molecule has 20 heavy (non-hydrogen) atoms. The number of hydrogen-bond acceptors (Lipinski definition) is 3. The quantitative estimate of drug-likeness (QED) is 0.874. The summed E-state index contributed by atoms with van der Waals surface area (Å²) in [5, 5.41) is 3.24. The molecule has 1 aliphatic rings. The molecular formula is C14H19BrFNO2S. The van der Waals surface area contributed by atoms with Crippen LogP contribution in [0.25, 0.3) is 0 Å². The third kappa shape index (κ3) is 4.27. The zero-order valence-electron chi connectivity index (χ0n) is 11.4. The highest BCUT2D eigenvalue weighted by atomic mass is 79.9. The first kappa shape index (κ1) is 15.9. The van der Waals surface area contributed by atoms with Crippen molar-refractivity contribution in [2.75, 3.05) is 18.6 Å². The van der Waals surface area contributed by atoms with Crippen LogP contribution in [0.2, 0.25) is 0 Å². The Balaban J connectivity index is 1.99. The van der Waals surface area contributed by atoms with Gasteiger partial charge in [0.05, 0.1) is 11.5 Å². The average molecular weight is 364 g/mol. The largest absolute Gasteiger partial charge is 0.317 e. The zero-order valence-corrected chi connectivity index (χ0v) is 13.8. The third-order valence-corrected chi connectivity index (χ3v) is 6.41. The molecule has 0 amide bonds. The van der Waals surface area contributed by atoms with Crippen molar-refractivity contribution in [1.82, 2.24) is 5.32 Å². The highest BCUT2D eigenvalue weighted by Crippen LogP contribution is 2.26. The Hall–Kier alpha value is -0.460. The minimum Gasteiger partial charge on any atom is -0.317 e. The van der Waals surface area contributed by atoms with Crippen LogP contribution >= 0.6 is 15.9 Å². The lowest BCUT2D eigenvalue weighted by Crippen LogP contribution is -2.30. The van der Waals surface area contributed by atoms with Gasteiger partial charge in [0, 0.05) is 10.5 Å². The number of rotatable bonds is 5. The first-order valence-corrected chi connectivity index (χ1v) is 9.32. The van der Waals surface area contributed by atoms with Crippen molar-refractivity contribution < 1.29 is 12.8 Å². The van der Waals surface area contributed by atoms with Crippen LogP contribution < -0.4 is 5.32 Å². The van der Waals surface area contributed by atoms with E-state index >= 15 is 0 Å². The van der Waals surface area contributed by atoms with Gasteiger partial charge in [-0.1, -0.05) is 22.0 Å². The first-order valence-electron chi connectivity index (χ1n) is 6.71. The summed E-state index contributed by atoms with van der Waals surface area (Å²) in [6.07, 6.45) is 2.35. The SMILES string of the molecule is CNC(Cc1ccc(F)cc1Br)CC1CCS(=O)(=O)C1. The van der Waals surface area contributed by atoms with Crippen LogP contribution in [0.15, 0.2) is 22.7 Å². The molecule has 1 aromatic carbocycles. The fourth-order valence-electron chi connectivity index (χ4n) is 2.72. The Kier molecular flexibility index (Phi) is 5.20. The summed E-state index contributed by atoms with van der Waals surface area (Å²) >= 11 is 3.37. The molecule has 6 heteroatoms. The van der Waals surface area contributed by atoms with Gasteiger partial charge in [0.1, 0.15) is 5.82 Å². The molecule has 0 radical (unpaired) electrons. The maximum atomic E-state index is 13.1. The molecular weight excluding hydrogens is 345 g/mol. The standard InChI is InChI=1S/C14H19BrFNO2S/c1-17-13(6-10-4-5-20(18,19)9-10)7-11-2-3-12(16)8-14(11)15/h2-3,8,10,13,17H,4-7,9H2,1H3.